The maximum Gasteiger partial charge on any atom is 0.492 e. The summed E-state index contributed by atoms with van der Waals surface area (Å²) in [5.41, 5.74) is 1.54. The third kappa shape index (κ3) is 4.52. The molecule has 1 aromatic carbocycles. The molecule has 0 bridgehead atoms. The number of carbonyl (C=O) groups excluding carboxylic acids is 1. The first-order valence-electron chi connectivity index (χ1n) is 7.51. The van der Waals surface area contributed by atoms with Crippen LogP contribution in [0.25, 0.3) is 0 Å². The van der Waals surface area contributed by atoms with Crippen LogP contribution in [0.3, 0.4) is 0 Å². The number of carbonyl (C=O) groups is 1. The summed E-state index contributed by atoms with van der Waals surface area (Å²) in [5, 5.41) is 0.315. The molecule has 0 aliphatic carbocycles. The minimum atomic E-state index is -3.92. The summed E-state index contributed by atoms with van der Waals surface area (Å²) < 4.78 is 4.92. The van der Waals surface area contributed by atoms with E-state index in [0.717, 1.165) is 11.1 Å². The van der Waals surface area contributed by atoms with Gasteiger partial charge in [0.1, 0.15) is 0 Å². The van der Waals surface area contributed by atoms with E-state index in [-0.39, 0.29) is 17.3 Å². The van der Waals surface area contributed by atoms with Crippen LogP contribution in [0.2, 0.25) is 0 Å². The molecule has 124 valence electrons. The normalized spacial score (nSPS) is 13.1. The molecule has 0 atom stereocenters. The largest absolute Gasteiger partial charge is 0.492 e. The SMILES string of the molecule is CCC(=O)O[P+](O)(O)c1ccc(C(C)(C)C)cc1C(C)(C)C. The number of benzene rings is 1. The molecule has 4 nitrogen and oxygen atoms in total. The Morgan fingerprint density at radius 2 is 1.64 bits per heavy atom. The lowest BCUT2D eigenvalue weighted by Crippen LogP contribution is -2.28. The van der Waals surface area contributed by atoms with Crippen molar-refractivity contribution >= 4 is 19.2 Å². The van der Waals surface area contributed by atoms with Crippen LogP contribution in [0.4, 0.5) is 0 Å². The third-order valence-electron chi connectivity index (χ3n) is 3.50. The van der Waals surface area contributed by atoms with Crippen molar-refractivity contribution in [2.75, 3.05) is 0 Å². The summed E-state index contributed by atoms with van der Waals surface area (Å²) in [6.45, 7) is 13.9. The second-order valence-corrected chi connectivity index (χ2v) is 9.35. The number of hydrogen-bond donors (Lipinski definition) is 2. The zero-order valence-corrected chi connectivity index (χ0v) is 15.5. The molecular formula is C17H28O4P+. The van der Waals surface area contributed by atoms with E-state index in [1.54, 1.807) is 13.0 Å². The van der Waals surface area contributed by atoms with E-state index >= 15 is 0 Å². The van der Waals surface area contributed by atoms with Crippen LogP contribution in [0.15, 0.2) is 18.2 Å². The van der Waals surface area contributed by atoms with Crippen molar-refractivity contribution in [1.29, 1.82) is 0 Å². The highest BCUT2D eigenvalue weighted by Gasteiger charge is 2.47. The first-order chi connectivity index (χ1) is 9.79. The Balaban J connectivity index is 3.45. The highest BCUT2D eigenvalue weighted by Crippen LogP contribution is 2.52. The predicted octanol–water partition coefficient (Wildman–Crippen LogP) is 3.61. The molecule has 1 aromatic rings. The Labute approximate surface area is 134 Å². The Morgan fingerprint density at radius 3 is 2.05 bits per heavy atom. The van der Waals surface area contributed by atoms with E-state index in [1.165, 1.54) is 0 Å². The smallest absolute Gasteiger partial charge is 0.247 e. The van der Waals surface area contributed by atoms with Crippen LogP contribution in [-0.4, -0.2) is 15.8 Å². The van der Waals surface area contributed by atoms with Gasteiger partial charge in [0.25, 0.3) is 0 Å². The van der Waals surface area contributed by atoms with Crippen molar-refractivity contribution in [3.63, 3.8) is 0 Å². The molecule has 0 amide bonds. The van der Waals surface area contributed by atoms with Crippen molar-refractivity contribution in [3.05, 3.63) is 29.3 Å². The average Bonchev–Trinajstić information content (AvgIpc) is 2.35. The predicted molar refractivity (Wildman–Crippen MR) is 91.2 cm³/mol. The van der Waals surface area contributed by atoms with Gasteiger partial charge < -0.3 is 0 Å². The van der Waals surface area contributed by atoms with Crippen LogP contribution >= 0.6 is 7.94 Å². The van der Waals surface area contributed by atoms with Crippen LogP contribution in [0.1, 0.15) is 66.0 Å². The fourth-order valence-corrected chi connectivity index (χ4v) is 3.61. The van der Waals surface area contributed by atoms with Gasteiger partial charge in [-0.3, -0.25) is 0 Å². The summed E-state index contributed by atoms with van der Waals surface area (Å²) in [6.07, 6.45) is 0.105. The molecule has 0 aromatic heterocycles. The molecule has 0 heterocycles. The topological polar surface area (TPSA) is 66.8 Å². The Bertz CT molecular complexity index is 551. The third-order valence-corrected chi connectivity index (χ3v) is 4.98. The lowest BCUT2D eigenvalue weighted by atomic mass is 9.81. The first-order valence-corrected chi connectivity index (χ1v) is 9.13. The van der Waals surface area contributed by atoms with E-state index in [0.29, 0.717) is 5.30 Å². The van der Waals surface area contributed by atoms with Gasteiger partial charge >= 0.3 is 13.9 Å². The van der Waals surface area contributed by atoms with Crippen molar-refractivity contribution in [2.45, 2.75) is 65.7 Å². The molecule has 1 rings (SSSR count). The van der Waals surface area contributed by atoms with Gasteiger partial charge in [-0.25, -0.2) is 9.32 Å². The summed E-state index contributed by atoms with van der Waals surface area (Å²) in [7, 11) is -3.92. The minimum absolute atomic E-state index is 0.0510. The van der Waals surface area contributed by atoms with E-state index < -0.39 is 13.9 Å². The summed E-state index contributed by atoms with van der Waals surface area (Å²) in [6, 6.07) is 5.53. The second-order valence-electron chi connectivity index (χ2n) is 7.59. The van der Waals surface area contributed by atoms with Gasteiger partial charge in [-0.05, 0) is 22.5 Å². The molecule has 22 heavy (non-hydrogen) atoms. The second kappa shape index (κ2) is 6.27. The summed E-state index contributed by atoms with van der Waals surface area (Å²) >= 11 is 0. The molecule has 0 spiro atoms. The molecule has 0 fully saturated rings. The van der Waals surface area contributed by atoms with E-state index in [2.05, 4.69) is 20.8 Å². The van der Waals surface area contributed by atoms with Crippen LogP contribution < -0.4 is 5.30 Å². The number of rotatable bonds is 3. The van der Waals surface area contributed by atoms with Gasteiger partial charge in [0.15, 0.2) is 5.30 Å². The zero-order chi connectivity index (χ0) is 17.3. The molecule has 0 aliphatic heterocycles. The Kier molecular flexibility index (Phi) is 5.44. The zero-order valence-electron chi connectivity index (χ0n) is 14.6. The fraction of sp³-hybridized carbons (Fsp3) is 0.588. The van der Waals surface area contributed by atoms with E-state index in [4.69, 9.17) is 4.52 Å². The van der Waals surface area contributed by atoms with Crippen LogP contribution in [0.5, 0.6) is 0 Å². The van der Waals surface area contributed by atoms with Gasteiger partial charge in [-0.1, -0.05) is 60.6 Å². The van der Waals surface area contributed by atoms with Crippen molar-refractivity contribution in [1.82, 2.24) is 0 Å². The van der Waals surface area contributed by atoms with Crippen molar-refractivity contribution in [2.24, 2.45) is 0 Å². The van der Waals surface area contributed by atoms with E-state index in [1.807, 2.05) is 32.9 Å². The van der Waals surface area contributed by atoms with Crippen molar-refractivity contribution < 1.29 is 19.1 Å². The van der Waals surface area contributed by atoms with Gasteiger partial charge in [-0.15, -0.1) is 0 Å². The quantitative estimate of drug-likeness (QED) is 0.832. The molecule has 0 unspecified atom stereocenters. The maximum absolute atomic E-state index is 11.5. The fourth-order valence-electron chi connectivity index (χ4n) is 2.11. The lowest BCUT2D eigenvalue weighted by Gasteiger charge is -2.27. The highest BCUT2D eigenvalue weighted by atomic mass is 31.2. The van der Waals surface area contributed by atoms with Gasteiger partial charge in [0.05, 0.1) is 0 Å². The van der Waals surface area contributed by atoms with Crippen LogP contribution in [-0.2, 0) is 20.1 Å². The van der Waals surface area contributed by atoms with Crippen molar-refractivity contribution in [3.8, 4) is 0 Å². The molecule has 0 aliphatic rings. The molecule has 2 N–H and O–H groups in total. The standard InChI is InChI=1S/C17H28O4P/c1-8-15(18)21-22(19,20)14-10-9-12(16(2,3)4)11-13(14)17(5,6)7/h9-11,19-20H,8H2,1-7H3/q+1. The van der Waals surface area contributed by atoms with Crippen LogP contribution in [0, 0.1) is 0 Å². The minimum Gasteiger partial charge on any atom is -0.247 e. The van der Waals surface area contributed by atoms with Gasteiger partial charge in [0.2, 0.25) is 0 Å². The van der Waals surface area contributed by atoms with E-state index in [9.17, 15) is 14.6 Å². The molecular weight excluding hydrogens is 299 g/mol. The maximum atomic E-state index is 11.5. The lowest BCUT2D eigenvalue weighted by molar-refractivity contribution is -0.134. The Morgan fingerprint density at radius 1 is 1.09 bits per heavy atom. The molecule has 0 saturated carbocycles. The van der Waals surface area contributed by atoms with Gasteiger partial charge in [0, 0.05) is 12.0 Å². The monoisotopic (exact) mass is 327 g/mol. The Hall–Kier alpha value is -0.960. The molecule has 5 heteroatoms. The highest BCUT2D eigenvalue weighted by molar-refractivity contribution is 7.68. The molecule has 0 radical (unpaired) electrons. The number of hydrogen-bond acceptors (Lipinski definition) is 4. The summed E-state index contributed by atoms with van der Waals surface area (Å²) in [5.74, 6) is -0.613. The molecule has 0 saturated heterocycles. The van der Waals surface area contributed by atoms with Gasteiger partial charge in [-0.2, -0.15) is 9.79 Å². The first kappa shape index (κ1) is 19.1. The average molecular weight is 327 g/mol. The summed E-state index contributed by atoms with van der Waals surface area (Å²) in [4.78, 5) is 32.2.